The molecule has 2 rings (SSSR count). The van der Waals surface area contributed by atoms with E-state index in [0.717, 1.165) is 19.4 Å². The van der Waals surface area contributed by atoms with Crippen LogP contribution in [0.25, 0.3) is 0 Å². The Morgan fingerprint density at radius 3 is 3.00 bits per heavy atom. The molecule has 0 aromatic heterocycles. The summed E-state index contributed by atoms with van der Waals surface area (Å²) in [5, 5.41) is 9.89. The second kappa shape index (κ2) is 3.00. The molecule has 0 saturated carbocycles. The molecule has 0 bridgehead atoms. The smallest absolute Gasteiger partial charge is 0.0646 e. The van der Waals surface area contributed by atoms with E-state index in [1.807, 2.05) is 6.92 Å². The molecule has 0 amide bonds. The molecule has 2 heteroatoms. The van der Waals surface area contributed by atoms with E-state index in [1.165, 1.54) is 25.8 Å². The van der Waals surface area contributed by atoms with Crippen molar-refractivity contribution in [3.05, 3.63) is 0 Å². The van der Waals surface area contributed by atoms with Gasteiger partial charge in [-0.15, -0.1) is 0 Å². The van der Waals surface area contributed by atoms with Crippen LogP contribution in [0.1, 0.15) is 39.0 Å². The van der Waals surface area contributed by atoms with Crippen LogP contribution in [0.5, 0.6) is 0 Å². The third kappa shape index (κ3) is 1.64. The lowest BCUT2D eigenvalue weighted by Gasteiger charge is -2.45. The highest BCUT2D eigenvalue weighted by Gasteiger charge is 2.35. The summed E-state index contributed by atoms with van der Waals surface area (Å²) in [6.45, 7) is 4.36. The standard InChI is InChI=1S/C10H19NO/c1-10(12)5-7-11-6-3-2-4-9(11)8-10/h9,12H,2-8H2,1H3. The van der Waals surface area contributed by atoms with Gasteiger partial charge in [0.05, 0.1) is 5.60 Å². The summed E-state index contributed by atoms with van der Waals surface area (Å²) in [6, 6.07) is 0.683. The number of hydrogen-bond acceptors (Lipinski definition) is 2. The number of rotatable bonds is 0. The summed E-state index contributed by atoms with van der Waals surface area (Å²) in [7, 11) is 0. The van der Waals surface area contributed by atoms with Gasteiger partial charge < -0.3 is 10.0 Å². The summed E-state index contributed by atoms with van der Waals surface area (Å²) in [4.78, 5) is 2.56. The Morgan fingerprint density at radius 2 is 2.17 bits per heavy atom. The highest BCUT2D eigenvalue weighted by atomic mass is 16.3. The van der Waals surface area contributed by atoms with Crippen LogP contribution in [-0.2, 0) is 0 Å². The van der Waals surface area contributed by atoms with Crippen molar-refractivity contribution in [1.29, 1.82) is 0 Å². The molecule has 12 heavy (non-hydrogen) atoms. The van der Waals surface area contributed by atoms with Crippen LogP contribution in [0.15, 0.2) is 0 Å². The second-order valence-electron chi connectivity index (χ2n) is 4.64. The van der Waals surface area contributed by atoms with Gasteiger partial charge in [0.2, 0.25) is 0 Å². The van der Waals surface area contributed by atoms with Crippen LogP contribution < -0.4 is 0 Å². The number of hydrogen-bond donors (Lipinski definition) is 1. The average molecular weight is 169 g/mol. The molecule has 2 nitrogen and oxygen atoms in total. The van der Waals surface area contributed by atoms with Crippen LogP contribution in [-0.4, -0.2) is 34.7 Å². The largest absolute Gasteiger partial charge is 0.390 e. The Balaban J connectivity index is 1.99. The first kappa shape index (κ1) is 8.52. The highest BCUT2D eigenvalue weighted by molar-refractivity contribution is 4.90. The summed E-state index contributed by atoms with van der Waals surface area (Å²) < 4.78 is 0. The second-order valence-corrected chi connectivity index (χ2v) is 4.64. The van der Waals surface area contributed by atoms with Gasteiger partial charge in [0.15, 0.2) is 0 Å². The first-order valence-electron chi connectivity index (χ1n) is 5.14. The lowest BCUT2D eigenvalue weighted by molar-refractivity contribution is -0.0436. The fourth-order valence-electron chi connectivity index (χ4n) is 2.58. The number of nitrogens with zero attached hydrogens (tertiary/aromatic N) is 1. The van der Waals surface area contributed by atoms with E-state index in [9.17, 15) is 5.11 Å². The number of piperidine rings is 2. The van der Waals surface area contributed by atoms with Crippen molar-refractivity contribution < 1.29 is 5.11 Å². The topological polar surface area (TPSA) is 23.5 Å². The molecule has 0 radical (unpaired) electrons. The Hall–Kier alpha value is -0.0800. The molecule has 2 saturated heterocycles. The maximum Gasteiger partial charge on any atom is 0.0646 e. The zero-order valence-electron chi connectivity index (χ0n) is 7.92. The Labute approximate surface area is 74.6 Å². The SMILES string of the molecule is CC1(O)CCN2CCCCC2C1. The maximum atomic E-state index is 9.89. The normalized spacial score (nSPS) is 44.0. The number of aliphatic hydroxyl groups is 1. The molecule has 2 heterocycles. The van der Waals surface area contributed by atoms with Crippen LogP contribution >= 0.6 is 0 Å². The van der Waals surface area contributed by atoms with Gasteiger partial charge in [-0.25, -0.2) is 0 Å². The third-order valence-electron chi connectivity index (χ3n) is 3.36. The predicted octanol–water partition coefficient (Wildman–Crippen LogP) is 1.39. The molecule has 2 fully saturated rings. The minimum absolute atomic E-state index is 0.376. The number of fused-ring (bicyclic) bond motifs is 1. The predicted molar refractivity (Wildman–Crippen MR) is 49.1 cm³/mol. The lowest BCUT2D eigenvalue weighted by atomic mass is 9.84. The summed E-state index contributed by atoms with van der Waals surface area (Å²) in [6.07, 6.45) is 5.97. The summed E-state index contributed by atoms with van der Waals surface area (Å²) >= 11 is 0. The van der Waals surface area contributed by atoms with Crippen LogP contribution in [0, 0.1) is 0 Å². The monoisotopic (exact) mass is 169 g/mol. The molecule has 0 spiro atoms. The van der Waals surface area contributed by atoms with Gasteiger partial charge in [0.1, 0.15) is 0 Å². The Morgan fingerprint density at radius 1 is 1.33 bits per heavy atom. The van der Waals surface area contributed by atoms with E-state index in [0.29, 0.717) is 6.04 Å². The Kier molecular flexibility index (Phi) is 2.13. The molecule has 0 aromatic carbocycles. The van der Waals surface area contributed by atoms with Crippen molar-refractivity contribution in [2.45, 2.75) is 50.7 Å². The quantitative estimate of drug-likeness (QED) is 0.592. The van der Waals surface area contributed by atoms with E-state index in [4.69, 9.17) is 0 Å². The van der Waals surface area contributed by atoms with Gasteiger partial charge in [-0.05, 0) is 39.2 Å². The van der Waals surface area contributed by atoms with Gasteiger partial charge in [-0.2, -0.15) is 0 Å². The van der Waals surface area contributed by atoms with Crippen molar-refractivity contribution >= 4 is 0 Å². The molecule has 0 aromatic rings. The van der Waals surface area contributed by atoms with E-state index in [2.05, 4.69) is 4.90 Å². The van der Waals surface area contributed by atoms with Gasteiger partial charge >= 0.3 is 0 Å². The highest BCUT2D eigenvalue weighted by Crippen LogP contribution is 2.31. The fraction of sp³-hybridized carbons (Fsp3) is 1.00. The van der Waals surface area contributed by atoms with Crippen molar-refractivity contribution in [2.24, 2.45) is 0 Å². The van der Waals surface area contributed by atoms with Gasteiger partial charge in [-0.3, -0.25) is 0 Å². The summed E-state index contributed by atoms with van der Waals surface area (Å²) in [5.41, 5.74) is -0.376. The van der Waals surface area contributed by atoms with Crippen molar-refractivity contribution in [2.75, 3.05) is 13.1 Å². The van der Waals surface area contributed by atoms with E-state index < -0.39 is 0 Å². The molecule has 0 aliphatic carbocycles. The van der Waals surface area contributed by atoms with Crippen molar-refractivity contribution in [3.8, 4) is 0 Å². The molecular weight excluding hydrogens is 150 g/mol. The minimum atomic E-state index is -0.376. The molecule has 1 N–H and O–H groups in total. The van der Waals surface area contributed by atoms with Crippen LogP contribution in [0.3, 0.4) is 0 Å². The average Bonchev–Trinajstić information content (AvgIpc) is 2.02. The maximum absolute atomic E-state index is 9.89. The molecular formula is C10H19NO. The van der Waals surface area contributed by atoms with E-state index in [-0.39, 0.29) is 5.60 Å². The lowest BCUT2D eigenvalue weighted by Crippen LogP contribution is -2.51. The van der Waals surface area contributed by atoms with Gasteiger partial charge in [0, 0.05) is 12.6 Å². The molecule has 2 atom stereocenters. The first-order valence-corrected chi connectivity index (χ1v) is 5.14. The molecule has 2 unspecified atom stereocenters. The Bertz CT molecular complexity index is 167. The van der Waals surface area contributed by atoms with E-state index >= 15 is 0 Å². The van der Waals surface area contributed by atoms with Crippen LogP contribution in [0.2, 0.25) is 0 Å². The van der Waals surface area contributed by atoms with Gasteiger partial charge in [-0.1, -0.05) is 6.42 Å². The van der Waals surface area contributed by atoms with Crippen molar-refractivity contribution in [1.82, 2.24) is 4.90 Å². The summed E-state index contributed by atoms with van der Waals surface area (Å²) in [5.74, 6) is 0. The fourth-order valence-corrected chi connectivity index (χ4v) is 2.58. The van der Waals surface area contributed by atoms with Gasteiger partial charge in [0.25, 0.3) is 0 Å². The molecule has 2 aliphatic rings. The minimum Gasteiger partial charge on any atom is -0.390 e. The third-order valence-corrected chi connectivity index (χ3v) is 3.36. The zero-order chi connectivity index (χ0) is 8.60. The van der Waals surface area contributed by atoms with E-state index in [1.54, 1.807) is 0 Å². The van der Waals surface area contributed by atoms with Crippen LogP contribution in [0.4, 0.5) is 0 Å². The van der Waals surface area contributed by atoms with Crippen molar-refractivity contribution in [3.63, 3.8) is 0 Å². The zero-order valence-corrected chi connectivity index (χ0v) is 7.92. The molecule has 2 aliphatic heterocycles. The first-order chi connectivity index (χ1) is 5.67. The molecule has 70 valence electrons.